The van der Waals surface area contributed by atoms with E-state index < -0.39 is 0 Å². The Bertz CT molecular complexity index is 444. The summed E-state index contributed by atoms with van der Waals surface area (Å²) in [5, 5.41) is 5.34. The highest BCUT2D eigenvalue weighted by Crippen LogP contribution is 2.44. The van der Waals surface area contributed by atoms with Gasteiger partial charge in [-0.25, -0.2) is 4.98 Å². The summed E-state index contributed by atoms with van der Waals surface area (Å²) in [6, 6.07) is 0. The van der Waals surface area contributed by atoms with Crippen molar-refractivity contribution in [1.82, 2.24) is 10.3 Å². The fraction of sp³-hybridized carbons (Fsp3) is 0.833. The zero-order valence-electron chi connectivity index (χ0n) is 13.7. The third-order valence-electron chi connectivity index (χ3n) is 5.40. The Morgan fingerprint density at radius 3 is 2.86 bits per heavy atom. The van der Waals surface area contributed by atoms with E-state index in [1.807, 2.05) is 11.3 Å². The summed E-state index contributed by atoms with van der Waals surface area (Å²) in [4.78, 5) is 6.71. The predicted octanol–water partition coefficient (Wildman–Crippen LogP) is 4.82. The summed E-state index contributed by atoms with van der Waals surface area (Å²) in [5.74, 6) is 0.879. The fourth-order valence-corrected chi connectivity index (χ4v) is 5.44. The van der Waals surface area contributed by atoms with Crippen molar-refractivity contribution in [3.05, 3.63) is 15.6 Å². The lowest BCUT2D eigenvalue weighted by atomic mass is 9.75. The molecule has 1 fully saturated rings. The van der Waals surface area contributed by atoms with Crippen LogP contribution in [0.25, 0.3) is 0 Å². The van der Waals surface area contributed by atoms with E-state index in [1.54, 1.807) is 4.88 Å². The Balaban J connectivity index is 1.88. The Labute approximate surface area is 133 Å². The van der Waals surface area contributed by atoms with Crippen molar-refractivity contribution >= 4 is 11.3 Å². The van der Waals surface area contributed by atoms with Crippen LogP contribution < -0.4 is 5.32 Å². The second-order valence-electron chi connectivity index (χ2n) is 6.98. The first-order chi connectivity index (χ1) is 10.3. The molecule has 0 bridgehead atoms. The summed E-state index contributed by atoms with van der Waals surface area (Å²) in [6.45, 7) is 5.75. The monoisotopic (exact) mass is 306 g/mol. The number of rotatable bonds is 5. The second kappa shape index (κ2) is 6.78. The van der Waals surface area contributed by atoms with Crippen molar-refractivity contribution in [3.8, 4) is 0 Å². The minimum atomic E-state index is 0.191. The topological polar surface area (TPSA) is 24.9 Å². The lowest BCUT2D eigenvalue weighted by molar-refractivity contribution is 0.174. The van der Waals surface area contributed by atoms with Crippen LogP contribution in [0.5, 0.6) is 0 Å². The summed E-state index contributed by atoms with van der Waals surface area (Å²) in [5.41, 5.74) is 1.62. The average Bonchev–Trinajstić information content (AvgIpc) is 2.98. The Hall–Kier alpha value is -0.410. The normalized spacial score (nSPS) is 29.3. The number of thiazole rings is 1. The maximum absolute atomic E-state index is 5.12. The van der Waals surface area contributed by atoms with E-state index in [-0.39, 0.29) is 5.54 Å². The predicted molar refractivity (Wildman–Crippen MR) is 91.0 cm³/mol. The molecule has 2 unspecified atom stereocenters. The third-order valence-corrected chi connectivity index (χ3v) is 6.76. The number of nitrogens with one attached hydrogen (secondary N) is 1. The van der Waals surface area contributed by atoms with Crippen LogP contribution in [0.4, 0.5) is 0 Å². The van der Waals surface area contributed by atoms with Gasteiger partial charge in [0, 0.05) is 4.88 Å². The molecular formula is C18H30N2S. The van der Waals surface area contributed by atoms with Crippen molar-refractivity contribution in [2.24, 2.45) is 5.92 Å². The van der Waals surface area contributed by atoms with Gasteiger partial charge >= 0.3 is 0 Å². The molecule has 0 amide bonds. The molecule has 3 heteroatoms. The molecule has 118 valence electrons. The molecule has 1 saturated carbocycles. The summed E-state index contributed by atoms with van der Waals surface area (Å²) >= 11 is 2.03. The van der Waals surface area contributed by atoms with Crippen molar-refractivity contribution in [3.63, 3.8) is 0 Å². The molecule has 2 aliphatic carbocycles. The van der Waals surface area contributed by atoms with Crippen LogP contribution in [-0.2, 0) is 18.4 Å². The van der Waals surface area contributed by atoms with Crippen molar-refractivity contribution in [1.29, 1.82) is 0 Å². The zero-order chi connectivity index (χ0) is 14.7. The molecule has 2 atom stereocenters. The zero-order valence-corrected chi connectivity index (χ0v) is 14.5. The fourth-order valence-electron chi connectivity index (χ4n) is 4.09. The molecule has 0 radical (unpaired) electrons. The van der Waals surface area contributed by atoms with Crippen LogP contribution in [0, 0.1) is 5.92 Å². The van der Waals surface area contributed by atoms with Crippen LogP contribution in [0.15, 0.2) is 0 Å². The largest absolute Gasteiger partial charge is 0.305 e. The van der Waals surface area contributed by atoms with Gasteiger partial charge in [0.2, 0.25) is 0 Å². The van der Waals surface area contributed by atoms with Gasteiger partial charge in [-0.2, -0.15) is 0 Å². The number of aromatic nitrogens is 1. The Kier molecular flexibility index (Phi) is 5.00. The van der Waals surface area contributed by atoms with Gasteiger partial charge in [-0.1, -0.05) is 33.1 Å². The molecular weight excluding hydrogens is 276 g/mol. The molecule has 0 saturated heterocycles. The Morgan fingerprint density at radius 2 is 2.10 bits per heavy atom. The molecule has 1 aromatic rings. The molecule has 21 heavy (non-hydrogen) atoms. The molecule has 3 rings (SSSR count). The van der Waals surface area contributed by atoms with E-state index in [0.29, 0.717) is 0 Å². The van der Waals surface area contributed by atoms with Gasteiger partial charge < -0.3 is 5.32 Å². The number of nitrogens with zero attached hydrogens (tertiary/aromatic N) is 1. The van der Waals surface area contributed by atoms with Gasteiger partial charge in [0.1, 0.15) is 5.01 Å². The number of aryl methyl sites for hydroxylation is 2. The van der Waals surface area contributed by atoms with Gasteiger partial charge in [-0.3, -0.25) is 0 Å². The highest BCUT2D eigenvalue weighted by molar-refractivity contribution is 7.11. The number of hydrogen-bond donors (Lipinski definition) is 1. The molecule has 0 aromatic carbocycles. The first kappa shape index (κ1) is 15.5. The quantitative estimate of drug-likeness (QED) is 0.844. The molecule has 1 N–H and O–H groups in total. The molecule has 2 nitrogen and oxygen atoms in total. The van der Waals surface area contributed by atoms with Gasteiger partial charge in [0.15, 0.2) is 0 Å². The Morgan fingerprint density at radius 1 is 1.24 bits per heavy atom. The van der Waals surface area contributed by atoms with Crippen LogP contribution in [-0.4, -0.2) is 11.5 Å². The molecule has 1 heterocycles. The second-order valence-corrected chi connectivity index (χ2v) is 8.06. The molecule has 0 aliphatic heterocycles. The number of hydrogen-bond acceptors (Lipinski definition) is 3. The van der Waals surface area contributed by atoms with Gasteiger partial charge in [0.05, 0.1) is 11.2 Å². The first-order valence-electron chi connectivity index (χ1n) is 9.01. The van der Waals surface area contributed by atoms with Crippen LogP contribution >= 0.6 is 11.3 Å². The lowest BCUT2D eigenvalue weighted by Crippen LogP contribution is -2.46. The highest BCUT2D eigenvalue weighted by Gasteiger charge is 2.40. The summed E-state index contributed by atoms with van der Waals surface area (Å²) in [6.07, 6.45) is 13.1. The van der Waals surface area contributed by atoms with Crippen LogP contribution in [0.3, 0.4) is 0 Å². The van der Waals surface area contributed by atoms with Crippen LogP contribution in [0.1, 0.15) is 80.8 Å². The molecule has 1 aromatic heterocycles. The SMILES string of the molecule is CCCNC1(c2nc3c(s2)CCCC3)CCCC(CC)C1. The highest BCUT2D eigenvalue weighted by atomic mass is 32.1. The lowest BCUT2D eigenvalue weighted by Gasteiger charge is -2.40. The summed E-state index contributed by atoms with van der Waals surface area (Å²) < 4.78 is 0. The average molecular weight is 307 g/mol. The van der Waals surface area contributed by atoms with E-state index in [2.05, 4.69) is 19.2 Å². The van der Waals surface area contributed by atoms with E-state index in [4.69, 9.17) is 4.98 Å². The van der Waals surface area contributed by atoms with Gasteiger partial charge in [0.25, 0.3) is 0 Å². The van der Waals surface area contributed by atoms with E-state index in [1.165, 1.54) is 74.9 Å². The van der Waals surface area contributed by atoms with Gasteiger partial charge in [-0.15, -0.1) is 11.3 Å². The maximum Gasteiger partial charge on any atom is 0.113 e. The number of fused-ring (bicyclic) bond motifs is 1. The van der Waals surface area contributed by atoms with E-state index >= 15 is 0 Å². The molecule has 2 aliphatic rings. The standard InChI is InChI=1S/C18H30N2S/c1-3-12-19-18(11-7-8-14(4-2)13-18)17-20-15-9-5-6-10-16(15)21-17/h14,19H,3-13H2,1-2H3. The minimum Gasteiger partial charge on any atom is -0.305 e. The third kappa shape index (κ3) is 3.19. The maximum atomic E-state index is 5.12. The van der Waals surface area contributed by atoms with Gasteiger partial charge in [-0.05, 0) is 57.4 Å². The van der Waals surface area contributed by atoms with Crippen molar-refractivity contribution in [2.75, 3.05) is 6.54 Å². The van der Waals surface area contributed by atoms with Crippen LogP contribution in [0.2, 0.25) is 0 Å². The van der Waals surface area contributed by atoms with E-state index in [9.17, 15) is 0 Å². The smallest absolute Gasteiger partial charge is 0.113 e. The first-order valence-corrected chi connectivity index (χ1v) is 9.83. The molecule has 0 spiro atoms. The van der Waals surface area contributed by atoms with E-state index in [0.717, 1.165) is 12.5 Å². The van der Waals surface area contributed by atoms with Crippen molar-refractivity contribution < 1.29 is 0 Å². The minimum absolute atomic E-state index is 0.191. The summed E-state index contributed by atoms with van der Waals surface area (Å²) in [7, 11) is 0. The van der Waals surface area contributed by atoms with Crippen molar-refractivity contribution in [2.45, 2.75) is 83.6 Å².